The maximum atomic E-state index is 9.34. The molecule has 0 aliphatic carbocycles. The molecule has 1 aromatic carbocycles. The van der Waals surface area contributed by atoms with Gasteiger partial charge in [-0.25, -0.2) is 0 Å². The van der Waals surface area contributed by atoms with E-state index in [0.717, 1.165) is 12.0 Å². The SMILES string of the molecule is CCCCc1cc[c]c(O)c1C. The fourth-order valence-corrected chi connectivity index (χ4v) is 1.24. The molecule has 12 heavy (non-hydrogen) atoms. The first-order chi connectivity index (χ1) is 5.75. The maximum absolute atomic E-state index is 9.34. The van der Waals surface area contributed by atoms with Crippen LogP contribution in [0.25, 0.3) is 0 Å². The molecule has 0 bridgehead atoms. The monoisotopic (exact) mass is 163 g/mol. The van der Waals surface area contributed by atoms with Crippen LogP contribution in [-0.2, 0) is 6.42 Å². The lowest BCUT2D eigenvalue weighted by Gasteiger charge is -2.05. The van der Waals surface area contributed by atoms with E-state index in [0.29, 0.717) is 5.75 Å². The lowest BCUT2D eigenvalue weighted by atomic mass is 10.0. The summed E-state index contributed by atoms with van der Waals surface area (Å²) in [6.45, 7) is 4.11. The van der Waals surface area contributed by atoms with E-state index in [1.807, 2.05) is 13.0 Å². The van der Waals surface area contributed by atoms with E-state index in [2.05, 4.69) is 13.0 Å². The van der Waals surface area contributed by atoms with Crippen LogP contribution >= 0.6 is 0 Å². The van der Waals surface area contributed by atoms with Gasteiger partial charge in [0.15, 0.2) is 0 Å². The first-order valence-electron chi connectivity index (χ1n) is 4.44. The van der Waals surface area contributed by atoms with E-state index >= 15 is 0 Å². The van der Waals surface area contributed by atoms with E-state index in [9.17, 15) is 5.11 Å². The van der Waals surface area contributed by atoms with Crippen molar-refractivity contribution >= 4 is 0 Å². The van der Waals surface area contributed by atoms with Gasteiger partial charge in [0.05, 0.1) is 0 Å². The molecule has 0 spiro atoms. The molecule has 0 amide bonds. The highest BCUT2D eigenvalue weighted by Crippen LogP contribution is 2.20. The van der Waals surface area contributed by atoms with E-state index in [4.69, 9.17) is 0 Å². The Balaban J connectivity index is 2.78. The number of benzene rings is 1. The number of phenols is 1. The van der Waals surface area contributed by atoms with E-state index in [1.54, 1.807) is 6.07 Å². The predicted octanol–water partition coefficient (Wildman–Crippen LogP) is 2.84. The second kappa shape index (κ2) is 4.15. The molecule has 0 saturated carbocycles. The third-order valence-electron chi connectivity index (χ3n) is 2.14. The van der Waals surface area contributed by atoms with Gasteiger partial charge < -0.3 is 5.11 Å². The highest BCUT2D eigenvalue weighted by molar-refractivity contribution is 5.36. The molecular weight excluding hydrogens is 148 g/mol. The van der Waals surface area contributed by atoms with Crippen molar-refractivity contribution in [2.75, 3.05) is 0 Å². The molecule has 0 unspecified atom stereocenters. The van der Waals surface area contributed by atoms with Gasteiger partial charge in [-0.2, -0.15) is 0 Å². The molecule has 1 heteroatoms. The zero-order chi connectivity index (χ0) is 8.97. The summed E-state index contributed by atoms with van der Waals surface area (Å²) in [4.78, 5) is 0. The lowest BCUT2D eigenvalue weighted by Crippen LogP contribution is -1.89. The van der Waals surface area contributed by atoms with E-state index in [1.165, 1.54) is 18.4 Å². The van der Waals surface area contributed by atoms with Crippen molar-refractivity contribution in [1.29, 1.82) is 0 Å². The van der Waals surface area contributed by atoms with Crippen LogP contribution in [0.3, 0.4) is 0 Å². The van der Waals surface area contributed by atoms with E-state index < -0.39 is 0 Å². The Bertz CT molecular complexity index is 253. The van der Waals surface area contributed by atoms with Crippen LogP contribution in [0.1, 0.15) is 30.9 Å². The average Bonchev–Trinajstić information content (AvgIpc) is 2.08. The molecule has 0 atom stereocenters. The van der Waals surface area contributed by atoms with Crippen molar-refractivity contribution < 1.29 is 5.11 Å². The number of phenolic OH excluding ortho intramolecular Hbond substituents is 1. The molecule has 0 saturated heterocycles. The zero-order valence-corrected chi connectivity index (χ0v) is 7.72. The summed E-state index contributed by atoms with van der Waals surface area (Å²) in [6, 6.07) is 6.59. The minimum absolute atomic E-state index is 0.295. The lowest BCUT2D eigenvalue weighted by molar-refractivity contribution is 0.468. The van der Waals surface area contributed by atoms with Crippen molar-refractivity contribution in [2.24, 2.45) is 0 Å². The fourth-order valence-electron chi connectivity index (χ4n) is 1.24. The van der Waals surface area contributed by atoms with Gasteiger partial charge in [-0.05, 0) is 30.9 Å². The van der Waals surface area contributed by atoms with Gasteiger partial charge in [-0.3, -0.25) is 0 Å². The molecule has 0 heterocycles. The molecule has 0 aromatic heterocycles. The summed E-state index contributed by atoms with van der Waals surface area (Å²) >= 11 is 0. The summed E-state index contributed by atoms with van der Waals surface area (Å²) in [5, 5.41) is 9.34. The van der Waals surface area contributed by atoms with Crippen molar-refractivity contribution in [1.82, 2.24) is 0 Å². The first kappa shape index (κ1) is 9.11. The molecule has 1 radical (unpaired) electrons. The number of unbranched alkanes of at least 4 members (excludes halogenated alkanes) is 1. The molecule has 65 valence electrons. The molecule has 0 fully saturated rings. The molecule has 1 rings (SSSR count). The predicted molar refractivity (Wildman–Crippen MR) is 50.3 cm³/mol. The normalized spacial score (nSPS) is 10.2. The number of hydrogen-bond acceptors (Lipinski definition) is 1. The summed E-state index contributed by atoms with van der Waals surface area (Å²) < 4.78 is 0. The summed E-state index contributed by atoms with van der Waals surface area (Å²) in [7, 11) is 0. The summed E-state index contributed by atoms with van der Waals surface area (Å²) in [5.74, 6) is 0.295. The van der Waals surface area contributed by atoms with Gasteiger partial charge in [0, 0.05) is 6.07 Å². The van der Waals surface area contributed by atoms with Crippen molar-refractivity contribution in [2.45, 2.75) is 33.1 Å². The second-order valence-corrected chi connectivity index (χ2v) is 3.08. The number of aromatic hydroxyl groups is 1. The van der Waals surface area contributed by atoms with Gasteiger partial charge in [-0.1, -0.05) is 25.5 Å². The van der Waals surface area contributed by atoms with Gasteiger partial charge in [0.25, 0.3) is 0 Å². The number of aryl methyl sites for hydroxylation is 1. The largest absolute Gasteiger partial charge is 0.507 e. The van der Waals surface area contributed by atoms with Crippen LogP contribution < -0.4 is 0 Å². The van der Waals surface area contributed by atoms with Crippen LogP contribution in [0, 0.1) is 13.0 Å². The Labute approximate surface area is 74.1 Å². The van der Waals surface area contributed by atoms with Crippen LogP contribution in [-0.4, -0.2) is 5.11 Å². The minimum atomic E-state index is 0.295. The highest BCUT2D eigenvalue weighted by atomic mass is 16.3. The molecule has 1 nitrogen and oxygen atoms in total. The zero-order valence-electron chi connectivity index (χ0n) is 7.72. The van der Waals surface area contributed by atoms with Crippen LogP contribution in [0.15, 0.2) is 12.1 Å². The van der Waals surface area contributed by atoms with Crippen molar-refractivity contribution in [3.63, 3.8) is 0 Å². The van der Waals surface area contributed by atoms with Gasteiger partial charge in [0.2, 0.25) is 0 Å². The third kappa shape index (κ3) is 2.00. The Morgan fingerprint density at radius 1 is 1.50 bits per heavy atom. The Kier molecular flexibility index (Phi) is 3.15. The Morgan fingerprint density at radius 3 is 2.92 bits per heavy atom. The number of hydrogen-bond donors (Lipinski definition) is 1. The highest BCUT2D eigenvalue weighted by Gasteiger charge is 2.01. The summed E-state index contributed by atoms with van der Waals surface area (Å²) in [5.41, 5.74) is 2.22. The Hall–Kier alpha value is -0.980. The molecule has 1 aromatic rings. The van der Waals surface area contributed by atoms with E-state index in [-0.39, 0.29) is 0 Å². The summed E-state index contributed by atoms with van der Waals surface area (Å²) in [6.07, 6.45) is 3.44. The van der Waals surface area contributed by atoms with Crippen LogP contribution in [0.5, 0.6) is 5.75 Å². The fraction of sp³-hybridized carbons (Fsp3) is 0.455. The van der Waals surface area contributed by atoms with Gasteiger partial charge >= 0.3 is 0 Å². The smallest absolute Gasteiger partial charge is 0.126 e. The van der Waals surface area contributed by atoms with Gasteiger partial charge in [-0.15, -0.1) is 0 Å². The molecule has 0 aliphatic heterocycles. The quantitative estimate of drug-likeness (QED) is 0.726. The van der Waals surface area contributed by atoms with Crippen LogP contribution in [0.4, 0.5) is 0 Å². The number of rotatable bonds is 3. The topological polar surface area (TPSA) is 20.2 Å². The molecule has 0 aliphatic rings. The standard InChI is InChI=1S/C11H15O/c1-3-4-6-10-7-5-8-11(12)9(10)2/h5,7,12H,3-4,6H2,1-2H3. The minimum Gasteiger partial charge on any atom is -0.507 e. The third-order valence-corrected chi connectivity index (χ3v) is 2.14. The molecular formula is C11H15O. The maximum Gasteiger partial charge on any atom is 0.126 e. The van der Waals surface area contributed by atoms with Crippen molar-refractivity contribution in [3.05, 3.63) is 29.3 Å². The van der Waals surface area contributed by atoms with Crippen molar-refractivity contribution in [3.8, 4) is 5.75 Å². The Morgan fingerprint density at radius 2 is 2.25 bits per heavy atom. The average molecular weight is 163 g/mol. The molecule has 1 N–H and O–H groups in total. The second-order valence-electron chi connectivity index (χ2n) is 3.08. The first-order valence-corrected chi connectivity index (χ1v) is 4.44. The van der Waals surface area contributed by atoms with Crippen LogP contribution in [0.2, 0.25) is 0 Å². The van der Waals surface area contributed by atoms with Gasteiger partial charge in [0.1, 0.15) is 5.75 Å².